The molecule has 0 spiro atoms. The van der Waals surface area contributed by atoms with Crippen LogP contribution in [0, 0.1) is 11.8 Å². The highest BCUT2D eigenvalue weighted by Gasteiger charge is 2.43. The fourth-order valence-electron chi connectivity index (χ4n) is 3.71. The highest BCUT2D eigenvalue weighted by Crippen LogP contribution is 2.34. The van der Waals surface area contributed by atoms with Gasteiger partial charge >= 0.3 is 6.09 Å². The Bertz CT molecular complexity index is 756. The summed E-state index contributed by atoms with van der Waals surface area (Å²) in [6.45, 7) is 9.06. The van der Waals surface area contributed by atoms with Crippen molar-refractivity contribution >= 4 is 23.2 Å². The van der Waals surface area contributed by atoms with Gasteiger partial charge in [-0.2, -0.15) is 0 Å². The lowest BCUT2D eigenvalue weighted by atomic mass is 10.0. The molecular weight excluding hydrogens is 348 g/mol. The number of aromatic nitrogens is 2. The molecule has 0 N–H and O–H groups in total. The third-order valence-corrected chi connectivity index (χ3v) is 5.78. The summed E-state index contributed by atoms with van der Waals surface area (Å²) >= 11 is 1.67. The van der Waals surface area contributed by atoms with Gasteiger partial charge in [0.15, 0.2) is 5.82 Å². The maximum absolute atomic E-state index is 12.3. The third kappa shape index (κ3) is 3.53. The van der Waals surface area contributed by atoms with Gasteiger partial charge < -0.3 is 14.5 Å². The van der Waals surface area contributed by atoms with Crippen LogP contribution >= 0.6 is 11.3 Å². The van der Waals surface area contributed by atoms with Crippen molar-refractivity contribution in [2.45, 2.75) is 26.4 Å². The van der Waals surface area contributed by atoms with Crippen LogP contribution in [-0.2, 0) is 4.74 Å². The quantitative estimate of drug-likeness (QED) is 0.807. The monoisotopic (exact) mass is 372 g/mol. The fourth-order valence-corrected chi connectivity index (χ4v) is 4.40. The lowest BCUT2D eigenvalue weighted by molar-refractivity contribution is 0.0282. The van der Waals surface area contributed by atoms with Crippen LogP contribution in [0.15, 0.2) is 29.6 Å². The number of amides is 1. The lowest BCUT2D eigenvalue weighted by Crippen LogP contribution is -2.37. The molecule has 0 aromatic carbocycles. The van der Waals surface area contributed by atoms with Gasteiger partial charge in [0.25, 0.3) is 0 Å². The molecule has 7 heteroatoms. The first-order valence-electron chi connectivity index (χ1n) is 8.99. The molecule has 6 nitrogen and oxygen atoms in total. The van der Waals surface area contributed by atoms with Crippen molar-refractivity contribution in [3.63, 3.8) is 0 Å². The molecule has 4 rings (SSSR count). The molecule has 1 amide bonds. The number of hydrogen-bond donors (Lipinski definition) is 0. The van der Waals surface area contributed by atoms with E-state index in [-0.39, 0.29) is 6.09 Å². The molecule has 0 aliphatic carbocycles. The molecule has 4 heterocycles. The van der Waals surface area contributed by atoms with Crippen LogP contribution in [0.4, 0.5) is 10.6 Å². The molecule has 2 aliphatic rings. The fraction of sp³-hybridized carbons (Fsp3) is 0.526. The minimum absolute atomic E-state index is 0.196. The number of carbonyl (C=O) groups excluding carboxylic acids is 1. The van der Waals surface area contributed by atoms with Crippen LogP contribution in [0.1, 0.15) is 20.8 Å². The summed E-state index contributed by atoms with van der Waals surface area (Å²) < 4.78 is 5.50. The number of likely N-dealkylation sites (tertiary alicyclic amines) is 1. The van der Waals surface area contributed by atoms with Gasteiger partial charge in [-0.1, -0.05) is 6.07 Å². The Morgan fingerprint density at radius 2 is 1.85 bits per heavy atom. The van der Waals surface area contributed by atoms with Crippen LogP contribution in [0.5, 0.6) is 0 Å². The summed E-state index contributed by atoms with van der Waals surface area (Å²) in [6, 6.07) is 8.16. The van der Waals surface area contributed by atoms with E-state index in [1.165, 1.54) is 0 Å². The Hall–Kier alpha value is -2.15. The number of rotatable bonds is 2. The average molecular weight is 372 g/mol. The van der Waals surface area contributed by atoms with Crippen molar-refractivity contribution in [1.82, 2.24) is 15.1 Å². The first-order valence-corrected chi connectivity index (χ1v) is 9.87. The lowest BCUT2D eigenvalue weighted by Gasteiger charge is -2.26. The SMILES string of the molecule is CC(C)(C)OC(=O)N1CC2CN(c3ccc(-c4cccs4)nn3)CC2C1. The van der Waals surface area contributed by atoms with E-state index in [1.807, 2.05) is 43.2 Å². The van der Waals surface area contributed by atoms with E-state index in [1.54, 1.807) is 11.3 Å². The molecule has 138 valence electrons. The second-order valence-corrected chi connectivity index (χ2v) is 9.01. The topological polar surface area (TPSA) is 58.6 Å². The number of carbonyl (C=O) groups is 1. The molecule has 2 aliphatic heterocycles. The molecule has 0 saturated carbocycles. The van der Waals surface area contributed by atoms with E-state index in [0.29, 0.717) is 11.8 Å². The molecule has 2 aromatic heterocycles. The van der Waals surface area contributed by atoms with Crippen molar-refractivity contribution in [3.8, 4) is 10.6 Å². The summed E-state index contributed by atoms with van der Waals surface area (Å²) in [4.78, 5) is 17.5. The summed E-state index contributed by atoms with van der Waals surface area (Å²) in [6.07, 6.45) is -0.196. The Kier molecular flexibility index (Phi) is 4.34. The number of thiophene rings is 1. The van der Waals surface area contributed by atoms with E-state index in [4.69, 9.17) is 4.74 Å². The number of ether oxygens (including phenoxy) is 1. The second-order valence-electron chi connectivity index (χ2n) is 8.06. The highest BCUT2D eigenvalue weighted by atomic mass is 32.1. The Morgan fingerprint density at radius 1 is 1.12 bits per heavy atom. The number of hydrogen-bond acceptors (Lipinski definition) is 6. The summed E-state index contributed by atoms with van der Waals surface area (Å²) in [5.74, 6) is 1.87. The normalized spacial score (nSPS) is 22.6. The predicted octanol–water partition coefficient (Wildman–Crippen LogP) is 3.51. The number of nitrogens with zero attached hydrogens (tertiary/aromatic N) is 4. The Balaban J connectivity index is 1.37. The molecule has 26 heavy (non-hydrogen) atoms. The van der Waals surface area contributed by atoms with Crippen LogP contribution in [-0.4, -0.2) is 53.0 Å². The molecule has 2 aromatic rings. The van der Waals surface area contributed by atoms with Gasteiger partial charge in [0.05, 0.1) is 4.88 Å². The first-order chi connectivity index (χ1) is 12.4. The van der Waals surface area contributed by atoms with E-state index >= 15 is 0 Å². The number of fused-ring (bicyclic) bond motifs is 1. The minimum atomic E-state index is -0.444. The van der Waals surface area contributed by atoms with Crippen molar-refractivity contribution in [2.24, 2.45) is 11.8 Å². The second kappa shape index (κ2) is 6.54. The van der Waals surface area contributed by atoms with E-state index in [0.717, 1.165) is 42.6 Å². The Labute approximate surface area is 157 Å². The van der Waals surface area contributed by atoms with Crippen molar-refractivity contribution in [1.29, 1.82) is 0 Å². The zero-order valence-corrected chi connectivity index (χ0v) is 16.2. The molecule has 2 atom stereocenters. The summed E-state index contributed by atoms with van der Waals surface area (Å²) in [7, 11) is 0. The van der Waals surface area contributed by atoms with Gasteiger partial charge in [-0.3, -0.25) is 0 Å². The Morgan fingerprint density at radius 3 is 2.38 bits per heavy atom. The maximum atomic E-state index is 12.3. The van der Waals surface area contributed by atoms with Gasteiger partial charge in [0.2, 0.25) is 0 Å². The number of anilines is 1. The van der Waals surface area contributed by atoms with Crippen LogP contribution in [0.2, 0.25) is 0 Å². The third-order valence-electron chi connectivity index (χ3n) is 4.89. The van der Waals surface area contributed by atoms with E-state index in [9.17, 15) is 4.79 Å². The average Bonchev–Trinajstić information content (AvgIpc) is 3.29. The smallest absolute Gasteiger partial charge is 0.410 e. The molecule has 2 unspecified atom stereocenters. The van der Waals surface area contributed by atoms with Gasteiger partial charge in [0.1, 0.15) is 11.3 Å². The maximum Gasteiger partial charge on any atom is 0.410 e. The summed E-state index contributed by atoms with van der Waals surface area (Å²) in [5, 5.41) is 10.8. The van der Waals surface area contributed by atoms with Crippen molar-refractivity contribution in [3.05, 3.63) is 29.6 Å². The summed E-state index contributed by atoms with van der Waals surface area (Å²) in [5.41, 5.74) is 0.472. The molecule has 0 bridgehead atoms. The first kappa shape index (κ1) is 17.3. The standard InChI is InChI=1S/C19H24N4O2S/c1-19(2,3)25-18(24)23-11-13-9-22(10-14(13)12-23)17-7-6-15(20-21-17)16-5-4-8-26-16/h4-8,13-14H,9-12H2,1-3H3. The molecule has 2 fully saturated rings. The van der Waals surface area contributed by atoms with Crippen molar-refractivity contribution in [2.75, 3.05) is 31.1 Å². The highest BCUT2D eigenvalue weighted by molar-refractivity contribution is 7.13. The zero-order chi connectivity index (χ0) is 18.3. The van der Waals surface area contributed by atoms with Gasteiger partial charge in [-0.15, -0.1) is 21.5 Å². The van der Waals surface area contributed by atoms with Gasteiger partial charge in [-0.25, -0.2) is 4.79 Å². The van der Waals surface area contributed by atoms with E-state index < -0.39 is 5.60 Å². The van der Waals surface area contributed by atoms with Crippen LogP contribution in [0.3, 0.4) is 0 Å². The minimum Gasteiger partial charge on any atom is -0.444 e. The molecule has 0 radical (unpaired) electrons. The largest absolute Gasteiger partial charge is 0.444 e. The predicted molar refractivity (Wildman–Crippen MR) is 102 cm³/mol. The zero-order valence-electron chi connectivity index (χ0n) is 15.4. The molecular formula is C19H24N4O2S. The van der Waals surface area contributed by atoms with E-state index in [2.05, 4.69) is 27.2 Å². The van der Waals surface area contributed by atoms with Crippen molar-refractivity contribution < 1.29 is 9.53 Å². The van der Waals surface area contributed by atoms with Gasteiger partial charge in [0, 0.05) is 38.0 Å². The van der Waals surface area contributed by atoms with Crippen LogP contribution < -0.4 is 4.90 Å². The molecule has 2 saturated heterocycles. The van der Waals surface area contributed by atoms with Gasteiger partial charge in [-0.05, 0) is 44.4 Å². The van der Waals surface area contributed by atoms with Crippen LogP contribution in [0.25, 0.3) is 10.6 Å².